The molecule has 0 spiro atoms. The van der Waals surface area contributed by atoms with Crippen LogP contribution in [0.3, 0.4) is 0 Å². The lowest BCUT2D eigenvalue weighted by Crippen LogP contribution is -2.10. The Hall–Kier alpha value is -2.09. The first-order chi connectivity index (χ1) is 9.34. The summed E-state index contributed by atoms with van der Waals surface area (Å²) >= 11 is 0. The molecular formula is C18H21NO. The lowest BCUT2D eigenvalue weighted by molar-refractivity contribution is 0.103. The molecular weight excluding hydrogens is 246 g/mol. The number of anilines is 1. The zero-order chi connectivity index (χ0) is 15.0. The number of ketones is 1. The smallest absolute Gasteiger partial charge is 0.193 e. The zero-order valence-electron chi connectivity index (χ0n) is 12.8. The fraction of sp³-hybridized carbons (Fsp3) is 0.278. The van der Waals surface area contributed by atoms with E-state index in [2.05, 4.69) is 20.8 Å². The van der Waals surface area contributed by atoms with E-state index < -0.39 is 0 Å². The van der Waals surface area contributed by atoms with Crippen LogP contribution in [0.2, 0.25) is 0 Å². The highest BCUT2D eigenvalue weighted by atomic mass is 16.1. The van der Waals surface area contributed by atoms with Crippen LogP contribution in [-0.4, -0.2) is 5.78 Å². The Bertz CT molecular complexity index is 653. The Morgan fingerprint density at radius 3 is 1.60 bits per heavy atom. The van der Waals surface area contributed by atoms with Crippen LogP contribution >= 0.6 is 0 Å². The van der Waals surface area contributed by atoms with E-state index in [-0.39, 0.29) is 5.78 Å². The first kappa shape index (κ1) is 14.3. The van der Waals surface area contributed by atoms with Gasteiger partial charge >= 0.3 is 0 Å². The molecule has 0 aromatic heterocycles. The summed E-state index contributed by atoms with van der Waals surface area (Å²) in [6.45, 7) is 10.3. The van der Waals surface area contributed by atoms with Crippen molar-refractivity contribution in [3.05, 3.63) is 63.2 Å². The number of hydrogen-bond donors (Lipinski definition) is 1. The van der Waals surface area contributed by atoms with Crippen LogP contribution in [-0.2, 0) is 0 Å². The molecule has 0 saturated carbocycles. The third-order valence-electron chi connectivity index (χ3n) is 4.40. The van der Waals surface area contributed by atoms with Gasteiger partial charge in [-0.25, -0.2) is 0 Å². The molecule has 2 N–H and O–H groups in total. The molecule has 104 valence electrons. The van der Waals surface area contributed by atoms with Crippen molar-refractivity contribution in [2.45, 2.75) is 34.6 Å². The van der Waals surface area contributed by atoms with Gasteiger partial charge in [-0.15, -0.1) is 0 Å². The van der Waals surface area contributed by atoms with Crippen molar-refractivity contribution in [2.24, 2.45) is 0 Å². The number of nitrogens with two attached hydrogens (primary N) is 1. The Balaban J connectivity index is 2.64. The minimum absolute atomic E-state index is 0.0752. The number of benzene rings is 2. The van der Waals surface area contributed by atoms with Crippen LogP contribution in [0.4, 0.5) is 5.69 Å². The summed E-state index contributed by atoms with van der Waals surface area (Å²) in [7, 11) is 0. The van der Waals surface area contributed by atoms with Crippen molar-refractivity contribution in [2.75, 3.05) is 5.73 Å². The second-order valence-corrected chi connectivity index (χ2v) is 5.45. The van der Waals surface area contributed by atoms with Gasteiger partial charge in [-0.3, -0.25) is 4.79 Å². The highest BCUT2D eigenvalue weighted by molar-refractivity contribution is 6.11. The van der Waals surface area contributed by atoms with Crippen molar-refractivity contribution >= 4 is 11.5 Å². The first-order valence-electron chi connectivity index (χ1n) is 6.81. The van der Waals surface area contributed by atoms with Gasteiger partial charge in [-0.1, -0.05) is 0 Å². The molecule has 2 aromatic rings. The Morgan fingerprint density at radius 1 is 0.750 bits per heavy atom. The van der Waals surface area contributed by atoms with Crippen molar-refractivity contribution < 1.29 is 4.79 Å². The fourth-order valence-corrected chi connectivity index (χ4v) is 2.62. The van der Waals surface area contributed by atoms with Gasteiger partial charge in [0.25, 0.3) is 0 Å². The maximum atomic E-state index is 12.8. The lowest BCUT2D eigenvalue weighted by atomic mass is 9.86. The molecule has 0 aliphatic carbocycles. The summed E-state index contributed by atoms with van der Waals surface area (Å²) in [6, 6.07) is 7.12. The zero-order valence-corrected chi connectivity index (χ0v) is 12.8. The van der Waals surface area contributed by atoms with Gasteiger partial charge in [0.2, 0.25) is 0 Å². The van der Waals surface area contributed by atoms with Gasteiger partial charge in [-0.05, 0) is 86.7 Å². The SMILES string of the molecule is Cc1c(C)c(C)c(C(=O)c2ccc(N)cc2)c(C)c1C. The molecule has 0 bridgehead atoms. The maximum Gasteiger partial charge on any atom is 0.193 e. The van der Waals surface area contributed by atoms with Gasteiger partial charge in [-0.2, -0.15) is 0 Å². The number of carbonyl (C=O) groups excluding carboxylic acids is 1. The second-order valence-electron chi connectivity index (χ2n) is 5.45. The van der Waals surface area contributed by atoms with Crippen molar-refractivity contribution in [3.63, 3.8) is 0 Å². The van der Waals surface area contributed by atoms with Crippen molar-refractivity contribution in [1.29, 1.82) is 0 Å². The minimum Gasteiger partial charge on any atom is -0.399 e. The molecule has 0 radical (unpaired) electrons. The molecule has 0 fully saturated rings. The van der Waals surface area contributed by atoms with Gasteiger partial charge in [0.05, 0.1) is 0 Å². The topological polar surface area (TPSA) is 43.1 Å². The predicted molar refractivity (Wildman–Crippen MR) is 84.4 cm³/mol. The average Bonchev–Trinajstić information content (AvgIpc) is 2.44. The monoisotopic (exact) mass is 267 g/mol. The standard InChI is InChI=1S/C18H21NO/c1-10-11(2)13(4)17(14(5)12(10)3)18(20)15-6-8-16(19)9-7-15/h6-9H,19H2,1-5H3. The summed E-state index contributed by atoms with van der Waals surface area (Å²) in [5.41, 5.74) is 13.7. The summed E-state index contributed by atoms with van der Waals surface area (Å²) in [5.74, 6) is 0.0752. The molecule has 2 aromatic carbocycles. The summed E-state index contributed by atoms with van der Waals surface area (Å²) in [4.78, 5) is 12.8. The fourth-order valence-electron chi connectivity index (χ4n) is 2.62. The van der Waals surface area contributed by atoms with E-state index in [9.17, 15) is 4.79 Å². The predicted octanol–water partition coefficient (Wildman–Crippen LogP) is 4.04. The van der Waals surface area contributed by atoms with E-state index in [1.54, 1.807) is 24.3 Å². The molecule has 0 amide bonds. The van der Waals surface area contributed by atoms with Crippen LogP contribution in [0.25, 0.3) is 0 Å². The maximum absolute atomic E-state index is 12.8. The van der Waals surface area contributed by atoms with E-state index in [0.29, 0.717) is 11.3 Å². The molecule has 0 atom stereocenters. The molecule has 0 saturated heterocycles. The Kier molecular flexibility index (Phi) is 3.67. The molecule has 0 aliphatic heterocycles. The molecule has 20 heavy (non-hydrogen) atoms. The Morgan fingerprint density at radius 2 is 1.15 bits per heavy atom. The van der Waals surface area contributed by atoms with E-state index in [1.165, 1.54) is 16.7 Å². The van der Waals surface area contributed by atoms with Crippen LogP contribution in [0, 0.1) is 34.6 Å². The number of carbonyl (C=O) groups is 1. The molecule has 0 unspecified atom stereocenters. The molecule has 0 aliphatic rings. The van der Waals surface area contributed by atoms with Gasteiger partial charge in [0.1, 0.15) is 0 Å². The quantitative estimate of drug-likeness (QED) is 0.659. The Labute approximate surface area is 120 Å². The molecule has 2 nitrogen and oxygen atoms in total. The van der Waals surface area contributed by atoms with Gasteiger partial charge in [0.15, 0.2) is 5.78 Å². The van der Waals surface area contributed by atoms with Crippen LogP contribution in [0.15, 0.2) is 24.3 Å². The number of hydrogen-bond acceptors (Lipinski definition) is 2. The number of rotatable bonds is 2. The molecule has 2 rings (SSSR count). The summed E-state index contributed by atoms with van der Waals surface area (Å²) in [6.07, 6.45) is 0. The first-order valence-corrected chi connectivity index (χ1v) is 6.81. The highest BCUT2D eigenvalue weighted by Gasteiger charge is 2.19. The van der Waals surface area contributed by atoms with Gasteiger partial charge in [0, 0.05) is 16.8 Å². The summed E-state index contributed by atoms with van der Waals surface area (Å²) in [5, 5.41) is 0. The van der Waals surface area contributed by atoms with E-state index in [0.717, 1.165) is 16.7 Å². The molecule has 0 heterocycles. The minimum atomic E-state index is 0.0752. The molecule has 2 heteroatoms. The highest BCUT2D eigenvalue weighted by Crippen LogP contribution is 2.28. The number of nitrogen functional groups attached to an aromatic ring is 1. The van der Waals surface area contributed by atoms with Crippen LogP contribution < -0.4 is 5.73 Å². The van der Waals surface area contributed by atoms with E-state index in [1.807, 2.05) is 13.8 Å². The third-order valence-corrected chi connectivity index (χ3v) is 4.40. The van der Waals surface area contributed by atoms with Crippen molar-refractivity contribution in [1.82, 2.24) is 0 Å². The van der Waals surface area contributed by atoms with Crippen molar-refractivity contribution in [3.8, 4) is 0 Å². The second kappa shape index (κ2) is 5.12. The van der Waals surface area contributed by atoms with Crippen LogP contribution in [0.1, 0.15) is 43.7 Å². The largest absolute Gasteiger partial charge is 0.399 e. The van der Waals surface area contributed by atoms with Gasteiger partial charge < -0.3 is 5.73 Å². The van der Waals surface area contributed by atoms with E-state index >= 15 is 0 Å². The van der Waals surface area contributed by atoms with E-state index in [4.69, 9.17) is 5.73 Å². The third kappa shape index (κ3) is 2.22. The van der Waals surface area contributed by atoms with Crippen LogP contribution in [0.5, 0.6) is 0 Å². The normalized spacial score (nSPS) is 10.7. The average molecular weight is 267 g/mol. The summed E-state index contributed by atoms with van der Waals surface area (Å²) < 4.78 is 0. The lowest BCUT2D eigenvalue weighted by Gasteiger charge is -2.18.